The zero-order valence-electron chi connectivity index (χ0n) is 17.0. The molecule has 1 rings (SSSR count). The zero-order chi connectivity index (χ0) is 22.7. The third-order valence-electron chi connectivity index (χ3n) is 4.89. The Bertz CT molecular complexity index is 643. The number of amides is 4. The summed E-state index contributed by atoms with van der Waals surface area (Å²) in [7, 11) is 0. The molecule has 0 bridgehead atoms. The van der Waals surface area contributed by atoms with Crippen molar-refractivity contribution in [3.05, 3.63) is 0 Å². The van der Waals surface area contributed by atoms with Crippen molar-refractivity contribution in [2.45, 2.75) is 63.1 Å². The SMILES string of the molecule is NCCCC[C@H](N)C(=O)N[C@@H](CCC(N)=O)C(=O)NCC(=O)N1CCC[C@H]1C(=O)O. The van der Waals surface area contributed by atoms with Crippen LogP contribution in [0.25, 0.3) is 0 Å². The highest BCUT2D eigenvalue weighted by atomic mass is 16.4. The van der Waals surface area contributed by atoms with E-state index in [2.05, 4.69) is 10.6 Å². The summed E-state index contributed by atoms with van der Waals surface area (Å²) in [5.41, 5.74) is 16.3. The van der Waals surface area contributed by atoms with Crippen LogP contribution in [0.1, 0.15) is 44.9 Å². The fourth-order valence-corrected chi connectivity index (χ4v) is 3.18. The van der Waals surface area contributed by atoms with Crippen molar-refractivity contribution in [2.24, 2.45) is 17.2 Å². The van der Waals surface area contributed by atoms with Gasteiger partial charge in [0.2, 0.25) is 23.6 Å². The number of carbonyl (C=O) groups excluding carboxylic acids is 4. The Morgan fingerprint density at radius 3 is 2.40 bits per heavy atom. The molecule has 30 heavy (non-hydrogen) atoms. The van der Waals surface area contributed by atoms with Gasteiger partial charge in [-0.1, -0.05) is 6.42 Å². The number of unbranched alkanes of at least 4 members (excludes halogenated alkanes) is 1. The number of nitrogens with two attached hydrogens (primary N) is 3. The van der Waals surface area contributed by atoms with Gasteiger partial charge in [-0.25, -0.2) is 4.79 Å². The fraction of sp³-hybridized carbons (Fsp3) is 0.722. The summed E-state index contributed by atoms with van der Waals surface area (Å²) < 4.78 is 0. The average molecular weight is 428 g/mol. The van der Waals surface area contributed by atoms with E-state index in [0.29, 0.717) is 45.2 Å². The lowest BCUT2D eigenvalue weighted by Gasteiger charge is -2.23. The van der Waals surface area contributed by atoms with E-state index in [9.17, 15) is 24.0 Å². The normalized spacial score (nSPS) is 17.8. The summed E-state index contributed by atoms with van der Waals surface area (Å²) in [6, 6.07) is -2.86. The molecule has 1 saturated heterocycles. The number of rotatable bonds is 13. The molecule has 0 aliphatic carbocycles. The van der Waals surface area contributed by atoms with Gasteiger partial charge in [0.15, 0.2) is 0 Å². The van der Waals surface area contributed by atoms with Crippen molar-refractivity contribution in [1.82, 2.24) is 15.5 Å². The highest BCUT2D eigenvalue weighted by Crippen LogP contribution is 2.17. The minimum atomic E-state index is -1.10. The molecule has 0 radical (unpaired) electrons. The lowest BCUT2D eigenvalue weighted by molar-refractivity contribution is -0.148. The molecule has 0 saturated carbocycles. The summed E-state index contributed by atoms with van der Waals surface area (Å²) in [6.07, 6.45) is 2.46. The van der Waals surface area contributed by atoms with E-state index in [1.165, 1.54) is 4.90 Å². The van der Waals surface area contributed by atoms with Crippen LogP contribution in [-0.4, -0.2) is 77.4 Å². The maximum atomic E-state index is 12.5. The van der Waals surface area contributed by atoms with Gasteiger partial charge in [-0.15, -0.1) is 0 Å². The molecule has 0 aromatic rings. The molecule has 1 heterocycles. The van der Waals surface area contributed by atoms with Crippen molar-refractivity contribution in [3.8, 4) is 0 Å². The van der Waals surface area contributed by atoms with Crippen LogP contribution >= 0.6 is 0 Å². The first kappa shape index (κ1) is 25.3. The van der Waals surface area contributed by atoms with E-state index in [1.807, 2.05) is 0 Å². The van der Waals surface area contributed by atoms with Crippen LogP contribution in [0.2, 0.25) is 0 Å². The first-order valence-corrected chi connectivity index (χ1v) is 10.0. The van der Waals surface area contributed by atoms with E-state index in [0.717, 1.165) is 0 Å². The molecule has 4 amide bonds. The molecular formula is C18H32N6O6. The molecule has 1 aliphatic heterocycles. The Kier molecular flexibility index (Phi) is 10.8. The van der Waals surface area contributed by atoms with E-state index in [4.69, 9.17) is 22.3 Å². The van der Waals surface area contributed by atoms with Crippen LogP contribution in [0.3, 0.4) is 0 Å². The Morgan fingerprint density at radius 1 is 1.10 bits per heavy atom. The van der Waals surface area contributed by atoms with Gasteiger partial charge in [-0.3, -0.25) is 19.2 Å². The molecule has 0 spiro atoms. The Balaban J connectivity index is 2.64. The van der Waals surface area contributed by atoms with Crippen LogP contribution in [0.5, 0.6) is 0 Å². The van der Waals surface area contributed by atoms with Gasteiger partial charge in [-0.05, 0) is 38.6 Å². The van der Waals surface area contributed by atoms with Gasteiger partial charge < -0.3 is 37.8 Å². The average Bonchev–Trinajstić information content (AvgIpc) is 3.19. The number of carboxylic acid groups (broad SMARTS) is 1. The molecular weight excluding hydrogens is 396 g/mol. The number of nitrogens with zero attached hydrogens (tertiary/aromatic N) is 1. The minimum Gasteiger partial charge on any atom is -0.480 e. The predicted molar refractivity (Wildman–Crippen MR) is 107 cm³/mol. The Morgan fingerprint density at radius 2 is 1.80 bits per heavy atom. The number of hydrogen-bond acceptors (Lipinski definition) is 7. The highest BCUT2D eigenvalue weighted by molar-refractivity contribution is 5.93. The number of carbonyl (C=O) groups is 5. The van der Waals surface area contributed by atoms with Crippen molar-refractivity contribution in [1.29, 1.82) is 0 Å². The second-order valence-corrected chi connectivity index (χ2v) is 7.26. The maximum absolute atomic E-state index is 12.5. The molecule has 12 heteroatoms. The van der Waals surface area contributed by atoms with E-state index >= 15 is 0 Å². The first-order valence-electron chi connectivity index (χ1n) is 10.0. The maximum Gasteiger partial charge on any atom is 0.326 e. The monoisotopic (exact) mass is 428 g/mol. The molecule has 0 aromatic heterocycles. The van der Waals surface area contributed by atoms with Gasteiger partial charge in [0.1, 0.15) is 12.1 Å². The first-order chi connectivity index (χ1) is 14.2. The smallest absolute Gasteiger partial charge is 0.326 e. The summed E-state index contributed by atoms with van der Waals surface area (Å²) >= 11 is 0. The van der Waals surface area contributed by atoms with E-state index in [1.54, 1.807) is 0 Å². The number of carboxylic acids is 1. The molecule has 0 unspecified atom stereocenters. The molecule has 9 N–H and O–H groups in total. The van der Waals surface area contributed by atoms with Gasteiger partial charge in [0, 0.05) is 13.0 Å². The molecule has 170 valence electrons. The second-order valence-electron chi connectivity index (χ2n) is 7.26. The number of aliphatic carboxylic acids is 1. The molecule has 1 aliphatic rings. The molecule has 1 fully saturated rings. The summed E-state index contributed by atoms with van der Waals surface area (Å²) in [4.78, 5) is 60.5. The van der Waals surface area contributed by atoms with Crippen molar-refractivity contribution >= 4 is 29.6 Å². The quantitative estimate of drug-likeness (QED) is 0.171. The van der Waals surface area contributed by atoms with Crippen molar-refractivity contribution in [3.63, 3.8) is 0 Å². The van der Waals surface area contributed by atoms with Crippen LogP contribution in [0, 0.1) is 0 Å². The van der Waals surface area contributed by atoms with Crippen LogP contribution in [0.4, 0.5) is 0 Å². The zero-order valence-corrected chi connectivity index (χ0v) is 17.0. The van der Waals surface area contributed by atoms with Crippen LogP contribution in [0.15, 0.2) is 0 Å². The standard InChI is InChI=1S/C18H32N6O6/c19-8-2-1-4-11(20)16(27)23-12(6-7-14(21)25)17(28)22-10-15(26)24-9-3-5-13(24)18(29)30/h11-13H,1-10,19-20H2,(H2,21,25)(H,22,28)(H,23,27)(H,29,30)/t11-,12-,13-/m0/s1. The summed E-state index contributed by atoms with van der Waals surface area (Å²) in [6.45, 7) is 0.352. The topological polar surface area (TPSA) is 211 Å². The van der Waals surface area contributed by atoms with E-state index < -0.39 is 54.3 Å². The highest BCUT2D eigenvalue weighted by Gasteiger charge is 2.34. The number of primary amides is 1. The lowest BCUT2D eigenvalue weighted by atomic mass is 10.1. The molecule has 0 aromatic carbocycles. The lowest BCUT2D eigenvalue weighted by Crippen LogP contribution is -2.53. The third-order valence-corrected chi connectivity index (χ3v) is 4.89. The Labute approximate surface area is 174 Å². The van der Waals surface area contributed by atoms with Crippen LogP contribution in [-0.2, 0) is 24.0 Å². The third kappa shape index (κ3) is 8.33. The van der Waals surface area contributed by atoms with Crippen LogP contribution < -0.4 is 27.8 Å². The van der Waals surface area contributed by atoms with Gasteiger partial charge in [0.05, 0.1) is 12.6 Å². The van der Waals surface area contributed by atoms with Crippen molar-refractivity contribution in [2.75, 3.05) is 19.6 Å². The van der Waals surface area contributed by atoms with Gasteiger partial charge in [-0.2, -0.15) is 0 Å². The second kappa shape index (κ2) is 12.8. The fourth-order valence-electron chi connectivity index (χ4n) is 3.18. The summed E-state index contributed by atoms with van der Waals surface area (Å²) in [5.74, 6) is -3.52. The van der Waals surface area contributed by atoms with Gasteiger partial charge in [0.25, 0.3) is 0 Å². The predicted octanol–water partition coefficient (Wildman–Crippen LogP) is -2.62. The largest absolute Gasteiger partial charge is 0.480 e. The molecule has 12 nitrogen and oxygen atoms in total. The number of nitrogens with one attached hydrogen (secondary N) is 2. The van der Waals surface area contributed by atoms with Crippen molar-refractivity contribution < 1.29 is 29.1 Å². The van der Waals surface area contributed by atoms with E-state index in [-0.39, 0.29) is 12.8 Å². The summed E-state index contributed by atoms with van der Waals surface area (Å²) in [5, 5.41) is 14.0. The molecule has 3 atom stereocenters. The number of hydrogen-bond donors (Lipinski definition) is 6. The Hall–Kier alpha value is -2.73. The minimum absolute atomic E-state index is 0.0575. The number of likely N-dealkylation sites (tertiary alicyclic amines) is 1. The van der Waals surface area contributed by atoms with Gasteiger partial charge >= 0.3 is 5.97 Å².